The van der Waals surface area contributed by atoms with Gasteiger partial charge in [0.1, 0.15) is 17.5 Å². The first-order valence-electron chi connectivity index (χ1n) is 13.2. The van der Waals surface area contributed by atoms with Gasteiger partial charge in [-0.1, -0.05) is 42.5 Å². The molecule has 0 bridgehead atoms. The Balaban J connectivity index is 1.72. The van der Waals surface area contributed by atoms with Gasteiger partial charge in [-0.2, -0.15) is 0 Å². The van der Waals surface area contributed by atoms with Gasteiger partial charge in [-0.05, 0) is 78.7 Å². The van der Waals surface area contributed by atoms with Crippen molar-refractivity contribution in [2.45, 2.75) is 45.4 Å². The number of hydrogen-bond donors (Lipinski definition) is 1. The van der Waals surface area contributed by atoms with Crippen molar-refractivity contribution in [2.75, 3.05) is 14.2 Å². The quantitative estimate of drug-likeness (QED) is 0.280. The van der Waals surface area contributed by atoms with Crippen molar-refractivity contribution < 1.29 is 9.47 Å². The summed E-state index contributed by atoms with van der Waals surface area (Å²) in [5.41, 5.74) is 2.84. The molecule has 2 aromatic heterocycles. The molecule has 1 atom stereocenters. The van der Waals surface area contributed by atoms with E-state index in [-0.39, 0.29) is 5.56 Å². The molecule has 5 aromatic rings. The predicted octanol–water partition coefficient (Wildman–Crippen LogP) is 5.08. The molecule has 0 unspecified atom stereocenters. The van der Waals surface area contributed by atoms with Crippen molar-refractivity contribution in [3.8, 4) is 11.5 Å². The van der Waals surface area contributed by atoms with Crippen LogP contribution in [0.3, 0.4) is 0 Å². The van der Waals surface area contributed by atoms with Gasteiger partial charge in [0.2, 0.25) is 0 Å². The fourth-order valence-corrected chi connectivity index (χ4v) is 4.89. The molecule has 5 rings (SSSR count). The molecule has 9 heteroatoms. The number of pyridine rings is 1. The van der Waals surface area contributed by atoms with Crippen molar-refractivity contribution in [1.29, 1.82) is 0 Å². The summed E-state index contributed by atoms with van der Waals surface area (Å²) in [7, 11) is 3.28. The lowest BCUT2D eigenvalue weighted by Crippen LogP contribution is -2.37. The number of benzene rings is 3. The summed E-state index contributed by atoms with van der Waals surface area (Å²) in [6.07, 6.45) is 0. The summed E-state index contributed by atoms with van der Waals surface area (Å²) >= 11 is 0. The zero-order valence-corrected chi connectivity index (χ0v) is 23.5. The van der Waals surface area contributed by atoms with Crippen LogP contribution in [-0.4, -0.2) is 44.3 Å². The summed E-state index contributed by atoms with van der Waals surface area (Å²) in [5.74, 6) is 2.08. The second kappa shape index (κ2) is 11.3. The van der Waals surface area contributed by atoms with Crippen LogP contribution in [0.4, 0.5) is 0 Å². The average Bonchev–Trinajstić information content (AvgIpc) is 3.44. The van der Waals surface area contributed by atoms with E-state index in [0.29, 0.717) is 30.2 Å². The zero-order valence-electron chi connectivity index (χ0n) is 23.5. The topological polar surface area (TPSA) is 98.2 Å². The van der Waals surface area contributed by atoms with Crippen LogP contribution < -0.4 is 15.0 Å². The maximum absolute atomic E-state index is 13.8. The summed E-state index contributed by atoms with van der Waals surface area (Å²) < 4.78 is 12.6. The molecule has 0 radical (unpaired) electrons. The summed E-state index contributed by atoms with van der Waals surface area (Å²) in [6, 6.07) is 25.1. The highest BCUT2D eigenvalue weighted by atomic mass is 16.5. The van der Waals surface area contributed by atoms with E-state index in [0.717, 1.165) is 27.8 Å². The molecular weight excluding hydrogens is 504 g/mol. The summed E-state index contributed by atoms with van der Waals surface area (Å²) in [6.45, 7) is 7.24. The van der Waals surface area contributed by atoms with Gasteiger partial charge in [-0.15, -0.1) is 5.10 Å². The van der Waals surface area contributed by atoms with E-state index >= 15 is 0 Å². The van der Waals surface area contributed by atoms with E-state index in [4.69, 9.17) is 9.47 Å². The Morgan fingerprint density at radius 3 is 2.17 bits per heavy atom. The number of tetrazole rings is 1. The van der Waals surface area contributed by atoms with E-state index in [1.807, 2.05) is 87.5 Å². The SMILES string of the molecule is COc1ccc(CN(Cc2ccccc2)[C@@H](c2cc3cc(OC)ccc3[nH]c2=O)c2nnnn2C(C)(C)C)cc1. The number of nitrogens with one attached hydrogen (secondary N) is 1. The van der Waals surface area contributed by atoms with Crippen LogP contribution in [0, 0.1) is 0 Å². The lowest BCUT2D eigenvalue weighted by atomic mass is 10.00. The van der Waals surface area contributed by atoms with Crippen molar-refractivity contribution in [2.24, 2.45) is 0 Å². The number of nitrogens with zero attached hydrogens (tertiary/aromatic N) is 5. The second-order valence-electron chi connectivity index (χ2n) is 10.8. The first kappa shape index (κ1) is 27.1. The Kier molecular flexibility index (Phi) is 7.66. The van der Waals surface area contributed by atoms with Crippen LogP contribution in [0.5, 0.6) is 11.5 Å². The Labute approximate surface area is 233 Å². The fraction of sp³-hybridized carbons (Fsp3) is 0.290. The van der Waals surface area contributed by atoms with Gasteiger partial charge < -0.3 is 14.5 Å². The molecule has 0 saturated carbocycles. The molecule has 1 N–H and O–H groups in total. The van der Waals surface area contributed by atoms with Crippen LogP contribution in [0.2, 0.25) is 0 Å². The van der Waals surface area contributed by atoms with Crippen molar-refractivity contribution >= 4 is 10.9 Å². The van der Waals surface area contributed by atoms with Crippen LogP contribution in [0.15, 0.2) is 83.7 Å². The smallest absolute Gasteiger partial charge is 0.253 e. The largest absolute Gasteiger partial charge is 0.497 e. The number of hydrogen-bond acceptors (Lipinski definition) is 7. The van der Waals surface area contributed by atoms with Gasteiger partial charge in [0, 0.05) is 29.6 Å². The minimum atomic E-state index is -0.559. The number of fused-ring (bicyclic) bond motifs is 1. The fourth-order valence-electron chi connectivity index (χ4n) is 4.89. The number of H-pyrrole nitrogens is 1. The van der Waals surface area contributed by atoms with Crippen LogP contribution in [0.25, 0.3) is 10.9 Å². The van der Waals surface area contributed by atoms with E-state index in [9.17, 15) is 4.79 Å². The molecule has 3 aromatic carbocycles. The summed E-state index contributed by atoms with van der Waals surface area (Å²) in [4.78, 5) is 19.1. The molecule has 0 aliphatic heterocycles. The molecule has 9 nitrogen and oxygen atoms in total. The first-order valence-corrected chi connectivity index (χ1v) is 13.2. The molecule has 206 valence electrons. The lowest BCUT2D eigenvalue weighted by molar-refractivity contribution is 0.184. The average molecular weight is 539 g/mol. The van der Waals surface area contributed by atoms with Gasteiger partial charge in [0.25, 0.3) is 5.56 Å². The Hall–Kier alpha value is -4.50. The van der Waals surface area contributed by atoms with Gasteiger partial charge in [-0.25, -0.2) is 4.68 Å². The third kappa shape index (κ3) is 5.74. The van der Waals surface area contributed by atoms with Gasteiger partial charge in [0.15, 0.2) is 5.82 Å². The first-order chi connectivity index (χ1) is 19.3. The van der Waals surface area contributed by atoms with Gasteiger partial charge in [0.05, 0.1) is 19.8 Å². The number of rotatable bonds is 9. The highest BCUT2D eigenvalue weighted by Crippen LogP contribution is 2.32. The molecule has 0 aliphatic rings. The highest BCUT2D eigenvalue weighted by Gasteiger charge is 2.33. The maximum Gasteiger partial charge on any atom is 0.253 e. The van der Waals surface area contributed by atoms with E-state index < -0.39 is 11.6 Å². The van der Waals surface area contributed by atoms with Crippen LogP contribution in [0.1, 0.15) is 49.3 Å². The minimum absolute atomic E-state index is 0.195. The Morgan fingerprint density at radius 1 is 0.875 bits per heavy atom. The molecule has 0 amide bonds. The number of ether oxygens (including phenoxy) is 2. The van der Waals surface area contributed by atoms with Crippen molar-refractivity contribution in [3.05, 3.63) is 112 Å². The standard InChI is InChI=1S/C31H34N6O3/c1-31(2,3)37-29(33-34-35-37)28(26-18-23-17-25(40-5)15-16-27(23)32-30(26)38)36(19-21-9-7-6-8-10-21)20-22-11-13-24(39-4)14-12-22/h6-18,28H,19-20H2,1-5H3,(H,32,38)/t28-/m0/s1. The van der Waals surface area contributed by atoms with E-state index in [2.05, 4.69) is 37.5 Å². The van der Waals surface area contributed by atoms with Crippen molar-refractivity contribution in [1.82, 2.24) is 30.1 Å². The number of methoxy groups -OCH3 is 2. The highest BCUT2D eigenvalue weighted by molar-refractivity contribution is 5.80. The number of aromatic amines is 1. The monoisotopic (exact) mass is 538 g/mol. The second-order valence-corrected chi connectivity index (χ2v) is 10.8. The molecular formula is C31H34N6O3. The summed E-state index contributed by atoms with van der Waals surface area (Å²) in [5, 5.41) is 13.8. The normalized spacial score (nSPS) is 12.6. The predicted molar refractivity (Wildman–Crippen MR) is 154 cm³/mol. The lowest BCUT2D eigenvalue weighted by Gasteiger charge is -2.33. The number of aromatic nitrogens is 5. The maximum atomic E-state index is 13.8. The van der Waals surface area contributed by atoms with Crippen LogP contribution >= 0.6 is 0 Å². The van der Waals surface area contributed by atoms with E-state index in [1.54, 1.807) is 18.9 Å². The Bertz CT molecular complexity index is 1640. The molecule has 40 heavy (non-hydrogen) atoms. The van der Waals surface area contributed by atoms with Crippen molar-refractivity contribution in [3.63, 3.8) is 0 Å². The molecule has 2 heterocycles. The molecule has 0 spiro atoms. The minimum Gasteiger partial charge on any atom is -0.497 e. The van der Waals surface area contributed by atoms with E-state index in [1.165, 1.54) is 0 Å². The molecule has 0 fully saturated rings. The van der Waals surface area contributed by atoms with Gasteiger partial charge in [-0.3, -0.25) is 9.69 Å². The molecule has 0 saturated heterocycles. The third-order valence-corrected chi connectivity index (χ3v) is 6.89. The third-order valence-electron chi connectivity index (χ3n) is 6.89. The molecule has 0 aliphatic carbocycles. The van der Waals surface area contributed by atoms with Gasteiger partial charge >= 0.3 is 0 Å². The Morgan fingerprint density at radius 2 is 1.52 bits per heavy atom. The van der Waals surface area contributed by atoms with Crippen LogP contribution in [-0.2, 0) is 18.6 Å². The zero-order chi connectivity index (χ0) is 28.3.